The van der Waals surface area contributed by atoms with Gasteiger partial charge in [-0.25, -0.2) is 0 Å². The first kappa shape index (κ1) is 18.5. The Morgan fingerprint density at radius 1 is 1.12 bits per heavy atom. The van der Waals surface area contributed by atoms with Crippen LogP contribution in [-0.2, 0) is 30.4 Å². The molecule has 1 aliphatic heterocycles. The Bertz CT molecular complexity index is 520. The smallest absolute Gasteiger partial charge is 0.308 e. The van der Waals surface area contributed by atoms with Crippen LogP contribution in [0.15, 0.2) is 30.3 Å². The maximum Gasteiger partial charge on any atom is 0.308 e. The van der Waals surface area contributed by atoms with Crippen LogP contribution in [0.25, 0.3) is 0 Å². The van der Waals surface area contributed by atoms with Crippen molar-refractivity contribution >= 4 is 11.9 Å². The molecule has 1 aromatic rings. The van der Waals surface area contributed by atoms with Crippen LogP contribution in [0.3, 0.4) is 0 Å². The summed E-state index contributed by atoms with van der Waals surface area (Å²) in [5.74, 6) is -1.21. The van der Waals surface area contributed by atoms with Crippen molar-refractivity contribution in [1.29, 1.82) is 0 Å². The number of hydrogen-bond donors (Lipinski definition) is 0. The van der Waals surface area contributed by atoms with E-state index in [-0.39, 0.29) is 18.5 Å². The van der Waals surface area contributed by atoms with Crippen molar-refractivity contribution in [3.63, 3.8) is 0 Å². The van der Waals surface area contributed by atoms with Crippen LogP contribution in [0.1, 0.15) is 57.4 Å². The lowest BCUT2D eigenvalue weighted by molar-refractivity contribution is -0.214. The highest BCUT2D eigenvalue weighted by Gasteiger charge is 2.37. The minimum atomic E-state index is -0.717. The monoisotopic (exact) mass is 334 g/mol. The van der Waals surface area contributed by atoms with Gasteiger partial charge in [0.15, 0.2) is 0 Å². The molecule has 5 nitrogen and oxygen atoms in total. The summed E-state index contributed by atoms with van der Waals surface area (Å²) in [7, 11) is 0. The van der Waals surface area contributed by atoms with Crippen molar-refractivity contribution < 1.29 is 23.8 Å². The van der Waals surface area contributed by atoms with Gasteiger partial charge < -0.3 is 14.2 Å². The van der Waals surface area contributed by atoms with Crippen molar-refractivity contribution in [3.05, 3.63) is 35.9 Å². The van der Waals surface area contributed by atoms with Gasteiger partial charge in [0.1, 0.15) is 6.61 Å². The maximum atomic E-state index is 11.9. The second-order valence-electron chi connectivity index (χ2n) is 6.04. The van der Waals surface area contributed by atoms with E-state index in [0.717, 1.165) is 18.4 Å². The van der Waals surface area contributed by atoms with Gasteiger partial charge in [-0.3, -0.25) is 9.59 Å². The Morgan fingerprint density at radius 2 is 1.83 bits per heavy atom. The summed E-state index contributed by atoms with van der Waals surface area (Å²) in [6, 6.07) is 9.57. The lowest BCUT2D eigenvalue weighted by Gasteiger charge is -2.26. The van der Waals surface area contributed by atoms with Gasteiger partial charge in [-0.05, 0) is 24.8 Å². The van der Waals surface area contributed by atoms with E-state index >= 15 is 0 Å². The van der Waals surface area contributed by atoms with Gasteiger partial charge >= 0.3 is 11.9 Å². The molecule has 2 rings (SSSR count). The summed E-state index contributed by atoms with van der Waals surface area (Å²) in [5.41, 5.74) is 0.968. The molecule has 1 aliphatic rings. The zero-order valence-electron chi connectivity index (χ0n) is 14.3. The minimum absolute atomic E-state index is 0.239. The molecule has 0 saturated carbocycles. The Labute approximate surface area is 143 Å². The fourth-order valence-corrected chi connectivity index (χ4v) is 2.71. The van der Waals surface area contributed by atoms with Gasteiger partial charge in [-0.2, -0.15) is 0 Å². The van der Waals surface area contributed by atoms with E-state index in [0.29, 0.717) is 38.7 Å². The molecule has 0 N–H and O–H groups in total. The average Bonchev–Trinajstić information content (AvgIpc) is 3.07. The second-order valence-corrected chi connectivity index (χ2v) is 6.04. The lowest BCUT2D eigenvalue weighted by atomic mass is 10.1. The molecule has 0 radical (unpaired) electrons. The highest BCUT2D eigenvalue weighted by Crippen LogP contribution is 2.30. The summed E-state index contributed by atoms with van der Waals surface area (Å²) >= 11 is 0. The number of benzene rings is 1. The van der Waals surface area contributed by atoms with Crippen LogP contribution in [0, 0.1) is 0 Å². The zero-order chi connectivity index (χ0) is 17.3. The molecule has 0 bridgehead atoms. The van der Waals surface area contributed by atoms with E-state index in [1.807, 2.05) is 37.3 Å². The third-order valence-electron chi connectivity index (χ3n) is 4.16. The Morgan fingerprint density at radius 3 is 2.46 bits per heavy atom. The molecule has 0 amide bonds. The number of ether oxygens (including phenoxy) is 3. The van der Waals surface area contributed by atoms with Gasteiger partial charge in [0.25, 0.3) is 0 Å². The Kier molecular flexibility index (Phi) is 7.25. The first-order chi connectivity index (χ1) is 11.6. The van der Waals surface area contributed by atoms with Crippen molar-refractivity contribution in [2.45, 2.75) is 64.3 Å². The van der Waals surface area contributed by atoms with Crippen LogP contribution < -0.4 is 0 Å². The molecule has 1 saturated heterocycles. The number of carbonyl (C=O) groups excluding carboxylic acids is 2. The van der Waals surface area contributed by atoms with E-state index in [9.17, 15) is 9.59 Å². The molecule has 0 spiro atoms. The number of rotatable bonds is 9. The summed E-state index contributed by atoms with van der Waals surface area (Å²) in [5, 5.41) is 0. The quantitative estimate of drug-likeness (QED) is 0.508. The number of carbonyl (C=O) groups is 2. The molecule has 132 valence electrons. The highest BCUT2D eigenvalue weighted by atomic mass is 16.7. The minimum Gasteiger partial charge on any atom is -0.461 e. The predicted molar refractivity (Wildman–Crippen MR) is 89.0 cm³/mol. The lowest BCUT2D eigenvalue weighted by Crippen LogP contribution is -2.33. The van der Waals surface area contributed by atoms with E-state index in [2.05, 4.69) is 0 Å². The van der Waals surface area contributed by atoms with Crippen molar-refractivity contribution in [3.8, 4) is 0 Å². The molecule has 0 aromatic heterocycles. The van der Waals surface area contributed by atoms with Crippen LogP contribution in [0.2, 0.25) is 0 Å². The van der Waals surface area contributed by atoms with E-state index < -0.39 is 5.79 Å². The van der Waals surface area contributed by atoms with Crippen LogP contribution in [0.5, 0.6) is 0 Å². The molecule has 24 heavy (non-hydrogen) atoms. The van der Waals surface area contributed by atoms with E-state index in [1.165, 1.54) is 0 Å². The molecule has 1 unspecified atom stereocenters. The SMILES string of the molecule is CCC1(OC(=O)CCCCC(=O)OCc2ccccc2)CCCO1. The van der Waals surface area contributed by atoms with Gasteiger partial charge in [0, 0.05) is 25.7 Å². The Hall–Kier alpha value is -1.88. The fourth-order valence-electron chi connectivity index (χ4n) is 2.71. The molecular weight excluding hydrogens is 308 g/mol. The standard InChI is InChI=1S/C19H26O5/c1-2-19(13-8-14-23-19)24-18(21)12-7-6-11-17(20)22-15-16-9-4-3-5-10-16/h3-5,9-10H,2,6-8,11-15H2,1H3. The number of esters is 2. The fraction of sp³-hybridized carbons (Fsp3) is 0.579. The van der Waals surface area contributed by atoms with Crippen LogP contribution in [0.4, 0.5) is 0 Å². The summed E-state index contributed by atoms with van der Waals surface area (Å²) in [6.07, 6.45) is 4.20. The average molecular weight is 334 g/mol. The maximum absolute atomic E-state index is 11.9. The van der Waals surface area contributed by atoms with Crippen molar-refractivity contribution in [1.82, 2.24) is 0 Å². The zero-order valence-corrected chi connectivity index (χ0v) is 14.3. The number of hydrogen-bond acceptors (Lipinski definition) is 5. The first-order valence-electron chi connectivity index (χ1n) is 8.69. The third kappa shape index (κ3) is 5.96. The first-order valence-corrected chi connectivity index (χ1v) is 8.69. The molecule has 5 heteroatoms. The van der Waals surface area contributed by atoms with Gasteiger partial charge in [-0.1, -0.05) is 37.3 Å². The molecule has 1 fully saturated rings. The van der Waals surface area contributed by atoms with Gasteiger partial charge in [0.05, 0.1) is 6.61 Å². The van der Waals surface area contributed by atoms with Gasteiger partial charge in [0.2, 0.25) is 5.79 Å². The second kappa shape index (κ2) is 9.42. The summed E-state index contributed by atoms with van der Waals surface area (Å²) in [6.45, 7) is 2.90. The van der Waals surface area contributed by atoms with E-state index in [4.69, 9.17) is 14.2 Å². The van der Waals surface area contributed by atoms with Crippen molar-refractivity contribution in [2.24, 2.45) is 0 Å². The Balaban J connectivity index is 1.57. The van der Waals surface area contributed by atoms with Gasteiger partial charge in [-0.15, -0.1) is 0 Å². The third-order valence-corrected chi connectivity index (χ3v) is 4.16. The van der Waals surface area contributed by atoms with Crippen LogP contribution in [-0.4, -0.2) is 24.3 Å². The molecular formula is C19H26O5. The number of unbranched alkanes of at least 4 members (excludes halogenated alkanes) is 1. The molecule has 1 aromatic carbocycles. The molecule has 1 heterocycles. The molecule has 0 aliphatic carbocycles. The predicted octanol–water partition coefficient (Wildman–Crippen LogP) is 3.75. The highest BCUT2D eigenvalue weighted by molar-refractivity contribution is 5.70. The summed E-state index contributed by atoms with van der Waals surface area (Å²) in [4.78, 5) is 23.6. The van der Waals surface area contributed by atoms with Crippen LogP contribution >= 0.6 is 0 Å². The summed E-state index contributed by atoms with van der Waals surface area (Å²) < 4.78 is 16.2. The molecule has 1 atom stereocenters. The topological polar surface area (TPSA) is 61.8 Å². The van der Waals surface area contributed by atoms with E-state index in [1.54, 1.807) is 0 Å². The normalized spacial score (nSPS) is 19.9. The largest absolute Gasteiger partial charge is 0.461 e. The van der Waals surface area contributed by atoms with Crippen molar-refractivity contribution in [2.75, 3.05) is 6.61 Å².